The smallest absolute Gasteiger partial charge is 0.149 e. The van der Waals surface area contributed by atoms with Crippen LogP contribution in [0.3, 0.4) is 0 Å². The van der Waals surface area contributed by atoms with Gasteiger partial charge in [0.05, 0.1) is 27.8 Å². The largest absolute Gasteiger partial charge is 0.507 e. The summed E-state index contributed by atoms with van der Waals surface area (Å²) in [5.74, 6) is 0.882. The fraction of sp³-hybridized carbons (Fsp3) is 0.0930. The molecule has 0 aliphatic carbocycles. The van der Waals surface area contributed by atoms with Crippen LogP contribution >= 0.6 is 0 Å². The SMILES string of the molecule is CC(C)(C)c1ccc(-n2c(-c3ccccc3O)nc3c(-c4cccc(-c5cccc6c(-c7ccccn7)ccnc56)c4)cccc32)cc1. The highest BCUT2D eigenvalue weighted by Gasteiger charge is 2.21. The van der Waals surface area contributed by atoms with Gasteiger partial charge in [-0.15, -0.1) is 0 Å². The third-order valence-electron chi connectivity index (χ3n) is 9.02. The minimum atomic E-state index is 0.0356. The molecule has 0 aliphatic rings. The van der Waals surface area contributed by atoms with Crippen molar-refractivity contribution >= 4 is 21.9 Å². The van der Waals surface area contributed by atoms with E-state index in [0.29, 0.717) is 11.4 Å². The maximum absolute atomic E-state index is 11.0. The first kappa shape index (κ1) is 29.3. The predicted molar refractivity (Wildman–Crippen MR) is 196 cm³/mol. The number of para-hydroxylation sites is 3. The highest BCUT2D eigenvalue weighted by Crippen LogP contribution is 2.39. The Kier molecular flexibility index (Phi) is 7.10. The van der Waals surface area contributed by atoms with Crippen LogP contribution in [0.15, 0.2) is 146 Å². The molecule has 0 atom stereocenters. The Labute approximate surface area is 279 Å². The summed E-state index contributed by atoms with van der Waals surface area (Å²) in [6, 6.07) is 45.3. The highest BCUT2D eigenvalue weighted by atomic mass is 16.3. The van der Waals surface area contributed by atoms with Gasteiger partial charge < -0.3 is 5.11 Å². The van der Waals surface area contributed by atoms with Crippen LogP contribution in [-0.2, 0) is 5.41 Å². The highest BCUT2D eigenvalue weighted by molar-refractivity contribution is 6.02. The number of hydrogen-bond donors (Lipinski definition) is 1. The van der Waals surface area contributed by atoms with Crippen molar-refractivity contribution in [3.05, 3.63) is 151 Å². The Balaban J connectivity index is 1.30. The fourth-order valence-electron chi connectivity index (χ4n) is 6.56. The van der Waals surface area contributed by atoms with Gasteiger partial charge in [-0.25, -0.2) is 4.98 Å². The molecule has 0 bridgehead atoms. The molecule has 48 heavy (non-hydrogen) atoms. The van der Waals surface area contributed by atoms with Crippen molar-refractivity contribution in [2.24, 2.45) is 0 Å². The number of nitrogens with zero attached hydrogens (tertiary/aromatic N) is 4. The minimum Gasteiger partial charge on any atom is -0.507 e. The molecular formula is C43H34N4O. The van der Waals surface area contributed by atoms with E-state index in [9.17, 15) is 5.11 Å². The normalized spacial score (nSPS) is 11.7. The molecule has 8 aromatic rings. The molecule has 5 aromatic carbocycles. The fourth-order valence-corrected chi connectivity index (χ4v) is 6.56. The minimum absolute atomic E-state index is 0.0356. The number of benzene rings is 5. The maximum Gasteiger partial charge on any atom is 0.149 e. The summed E-state index contributed by atoms with van der Waals surface area (Å²) in [6.07, 6.45) is 3.68. The van der Waals surface area contributed by atoms with Crippen molar-refractivity contribution in [2.75, 3.05) is 0 Å². The molecule has 3 heterocycles. The summed E-state index contributed by atoms with van der Waals surface area (Å²) < 4.78 is 2.15. The van der Waals surface area contributed by atoms with Crippen molar-refractivity contribution in [2.45, 2.75) is 26.2 Å². The third kappa shape index (κ3) is 5.10. The number of rotatable bonds is 5. The molecule has 0 unspecified atom stereocenters. The average molecular weight is 623 g/mol. The number of fused-ring (bicyclic) bond motifs is 2. The quantitative estimate of drug-likeness (QED) is 0.207. The molecule has 0 aliphatic heterocycles. The first-order valence-corrected chi connectivity index (χ1v) is 16.2. The predicted octanol–water partition coefficient (Wildman–Crippen LogP) is 10.6. The summed E-state index contributed by atoms with van der Waals surface area (Å²) in [5, 5.41) is 12.0. The van der Waals surface area contributed by atoms with Crippen LogP contribution in [0, 0.1) is 0 Å². The number of imidazole rings is 1. The van der Waals surface area contributed by atoms with E-state index in [1.807, 2.05) is 54.9 Å². The van der Waals surface area contributed by atoms with Gasteiger partial charge in [0.25, 0.3) is 0 Å². The monoisotopic (exact) mass is 622 g/mol. The van der Waals surface area contributed by atoms with Gasteiger partial charge in [-0.1, -0.05) is 99.6 Å². The first-order valence-electron chi connectivity index (χ1n) is 16.2. The van der Waals surface area contributed by atoms with Crippen LogP contribution < -0.4 is 0 Å². The zero-order valence-corrected chi connectivity index (χ0v) is 27.1. The molecule has 3 aromatic heterocycles. The second-order valence-electron chi connectivity index (χ2n) is 13.1. The second-order valence-corrected chi connectivity index (χ2v) is 13.1. The van der Waals surface area contributed by atoms with E-state index in [4.69, 9.17) is 9.97 Å². The van der Waals surface area contributed by atoms with Crippen LogP contribution in [0.1, 0.15) is 26.3 Å². The molecule has 0 amide bonds. The summed E-state index contributed by atoms with van der Waals surface area (Å²) in [4.78, 5) is 14.7. The summed E-state index contributed by atoms with van der Waals surface area (Å²) in [5.41, 5.74) is 11.9. The summed E-state index contributed by atoms with van der Waals surface area (Å²) in [7, 11) is 0. The van der Waals surface area contributed by atoms with Gasteiger partial charge in [0, 0.05) is 40.2 Å². The lowest BCUT2D eigenvalue weighted by Crippen LogP contribution is -2.11. The van der Waals surface area contributed by atoms with Crippen molar-refractivity contribution < 1.29 is 5.11 Å². The number of aromatic nitrogens is 4. The summed E-state index contributed by atoms with van der Waals surface area (Å²) in [6.45, 7) is 6.66. The van der Waals surface area contributed by atoms with Gasteiger partial charge >= 0.3 is 0 Å². The molecule has 0 fully saturated rings. The number of pyridine rings is 2. The van der Waals surface area contributed by atoms with Gasteiger partial charge in [0.2, 0.25) is 0 Å². The number of aromatic hydroxyl groups is 1. The van der Waals surface area contributed by atoms with Crippen LogP contribution in [-0.4, -0.2) is 24.6 Å². The van der Waals surface area contributed by atoms with Crippen molar-refractivity contribution in [3.8, 4) is 56.3 Å². The lowest BCUT2D eigenvalue weighted by molar-refractivity contribution is 0.477. The van der Waals surface area contributed by atoms with Crippen LogP contribution in [0.4, 0.5) is 0 Å². The van der Waals surface area contributed by atoms with E-state index in [2.05, 4.69) is 115 Å². The molecule has 0 radical (unpaired) electrons. The zero-order valence-electron chi connectivity index (χ0n) is 27.1. The number of phenols is 1. The van der Waals surface area contributed by atoms with Gasteiger partial charge in [0.15, 0.2) is 0 Å². The Morgan fingerprint density at radius 2 is 1.25 bits per heavy atom. The molecular weight excluding hydrogens is 589 g/mol. The molecule has 5 heteroatoms. The standard InChI is InChI=1S/C43H34N4O/c1-43(2,3)30-20-22-31(23-21-30)47-38-18-10-15-33(41(38)46-42(47)36-13-4-5-19-39(36)48)29-12-8-11-28(27-29)32-14-9-16-35-34(24-26-45-40(32)35)37-17-6-7-25-44-37/h4-27,48H,1-3H3. The van der Waals surface area contributed by atoms with Crippen LogP contribution in [0.2, 0.25) is 0 Å². The van der Waals surface area contributed by atoms with Crippen LogP contribution in [0.5, 0.6) is 5.75 Å². The van der Waals surface area contributed by atoms with Gasteiger partial charge in [0.1, 0.15) is 11.6 Å². The molecule has 1 N–H and O–H groups in total. The zero-order chi connectivity index (χ0) is 32.8. The van der Waals surface area contributed by atoms with Crippen molar-refractivity contribution in [1.29, 1.82) is 0 Å². The molecule has 8 rings (SSSR count). The van der Waals surface area contributed by atoms with E-state index in [1.54, 1.807) is 6.07 Å². The van der Waals surface area contributed by atoms with E-state index >= 15 is 0 Å². The molecule has 5 nitrogen and oxygen atoms in total. The van der Waals surface area contributed by atoms with Gasteiger partial charge in [-0.05, 0) is 76.7 Å². The van der Waals surface area contributed by atoms with Crippen molar-refractivity contribution in [1.82, 2.24) is 19.5 Å². The second kappa shape index (κ2) is 11.6. The molecule has 0 spiro atoms. The Hall–Kier alpha value is -6.07. The first-order chi connectivity index (χ1) is 23.4. The Bertz CT molecular complexity index is 2440. The van der Waals surface area contributed by atoms with E-state index < -0.39 is 0 Å². The van der Waals surface area contributed by atoms with E-state index in [-0.39, 0.29) is 11.2 Å². The van der Waals surface area contributed by atoms with Gasteiger partial charge in [-0.2, -0.15) is 0 Å². The van der Waals surface area contributed by atoms with Crippen molar-refractivity contribution in [3.63, 3.8) is 0 Å². The number of hydrogen-bond acceptors (Lipinski definition) is 4. The average Bonchev–Trinajstić information content (AvgIpc) is 3.51. The lowest BCUT2D eigenvalue weighted by atomic mass is 9.87. The molecule has 0 saturated heterocycles. The molecule has 0 saturated carbocycles. The third-order valence-corrected chi connectivity index (χ3v) is 9.02. The maximum atomic E-state index is 11.0. The summed E-state index contributed by atoms with van der Waals surface area (Å²) >= 11 is 0. The number of phenolic OH excluding ortho intramolecular Hbond substituents is 1. The Morgan fingerprint density at radius 3 is 1.98 bits per heavy atom. The van der Waals surface area contributed by atoms with Gasteiger partial charge in [-0.3, -0.25) is 14.5 Å². The molecule has 232 valence electrons. The van der Waals surface area contributed by atoms with E-state index in [0.717, 1.165) is 61.1 Å². The topological polar surface area (TPSA) is 63.8 Å². The van der Waals surface area contributed by atoms with E-state index in [1.165, 1.54) is 5.56 Å². The Morgan fingerprint density at radius 1 is 0.562 bits per heavy atom. The lowest BCUT2D eigenvalue weighted by Gasteiger charge is -2.19. The van der Waals surface area contributed by atoms with Crippen LogP contribution in [0.25, 0.3) is 72.5 Å².